The van der Waals surface area contributed by atoms with Crippen LogP contribution >= 0.6 is 11.8 Å². The first-order valence-electron chi connectivity index (χ1n) is 10.1. The number of nitrogens with zero attached hydrogens (tertiary/aromatic N) is 3. The first-order valence-corrected chi connectivity index (χ1v) is 10.9. The van der Waals surface area contributed by atoms with Crippen molar-refractivity contribution < 1.29 is 18.0 Å². The molecule has 9 heteroatoms. The molecule has 1 amide bonds. The largest absolute Gasteiger partial charge is 0.446 e. The predicted molar refractivity (Wildman–Crippen MR) is 118 cm³/mol. The quantitative estimate of drug-likeness (QED) is 0.507. The molecular formula is C22H25F3N4OS. The average molecular weight is 451 g/mol. The Morgan fingerprint density at radius 3 is 2.42 bits per heavy atom. The molecule has 31 heavy (non-hydrogen) atoms. The summed E-state index contributed by atoms with van der Waals surface area (Å²) in [4.78, 5) is 21.3. The minimum absolute atomic E-state index is 0.109. The topological polar surface area (TPSA) is 48.5 Å². The van der Waals surface area contributed by atoms with E-state index >= 15 is 0 Å². The summed E-state index contributed by atoms with van der Waals surface area (Å²) in [6.45, 7) is 7.56. The number of alkyl halides is 3. The Bertz CT molecular complexity index is 877. The molecule has 0 aliphatic carbocycles. The van der Waals surface area contributed by atoms with E-state index in [1.165, 1.54) is 18.2 Å². The minimum Gasteiger partial charge on any atom is -0.354 e. The SMILES string of the molecule is CCN1CCN(c2ccc(CNC(=O)/C=C/c3ccc(SC(F)(F)F)cc3)cn2)CC1. The third-order valence-electron chi connectivity index (χ3n) is 4.96. The van der Waals surface area contributed by atoms with Gasteiger partial charge in [-0.15, -0.1) is 0 Å². The Morgan fingerprint density at radius 2 is 1.84 bits per heavy atom. The molecule has 0 atom stereocenters. The smallest absolute Gasteiger partial charge is 0.354 e. The van der Waals surface area contributed by atoms with Gasteiger partial charge in [-0.05, 0) is 53.7 Å². The second kappa shape index (κ2) is 10.7. The van der Waals surface area contributed by atoms with E-state index in [2.05, 4.69) is 27.0 Å². The average Bonchev–Trinajstić information content (AvgIpc) is 2.76. The first kappa shape index (κ1) is 23.1. The first-order chi connectivity index (χ1) is 14.8. The van der Waals surface area contributed by atoms with Gasteiger partial charge in [0.15, 0.2) is 0 Å². The fourth-order valence-electron chi connectivity index (χ4n) is 3.20. The van der Waals surface area contributed by atoms with Gasteiger partial charge in [-0.2, -0.15) is 13.2 Å². The van der Waals surface area contributed by atoms with Crippen molar-refractivity contribution in [2.24, 2.45) is 0 Å². The summed E-state index contributed by atoms with van der Waals surface area (Å²) in [6.07, 6.45) is 4.69. The van der Waals surface area contributed by atoms with Crippen LogP contribution in [0, 0.1) is 0 Å². The molecule has 0 unspecified atom stereocenters. The minimum atomic E-state index is -4.31. The van der Waals surface area contributed by atoms with E-state index in [4.69, 9.17) is 0 Å². The van der Waals surface area contributed by atoms with Gasteiger partial charge in [0.05, 0.1) is 0 Å². The number of hydrogen-bond donors (Lipinski definition) is 1. The molecule has 0 saturated carbocycles. The Balaban J connectivity index is 1.45. The highest BCUT2D eigenvalue weighted by Crippen LogP contribution is 2.36. The zero-order valence-electron chi connectivity index (χ0n) is 17.2. The van der Waals surface area contributed by atoms with E-state index in [9.17, 15) is 18.0 Å². The van der Waals surface area contributed by atoms with E-state index in [-0.39, 0.29) is 22.6 Å². The second-order valence-electron chi connectivity index (χ2n) is 7.11. The number of pyridine rings is 1. The van der Waals surface area contributed by atoms with Crippen molar-refractivity contribution in [3.8, 4) is 0 Å². The number of hydrogen-bond acceptors (Lipinski definition) is 5. The van der Waals surface area contributed by atoms with Crippen molar-refractivity contribution in [2.75, 3.05) is 37.6 Å². The lowest BCUT2D eigenvalue weighted by Crippen LogP contribution is -2.46. The third-order valence-corrected chi connectivity index (χ3v) is 5.70. The van der Waals surface area contributed by atoms with Crippen LogP contribution in [0.5, 0.6) is 0 Å². The number of carbonyl (C=O) groups excluding carboxylic acids is 1. The van der Waals surface area contributed by atoms with Gasteiger partial charge in [-0.25, -0.2) is 4.98 Å². The molecule has 0 spiro atoms. The van der Waals surface area contributed by atoms with Gasteiger partial charge in [0.25, 0.3) is 0 Å². The number of rotatable bonds is 7. The molecule has 1 aromatic carbocycles. The monoisotopic (exact) mass is 450 g/mol. The number of nitrogens with one attached hydrogen (secondary N) is 1. The summed E-state index contributed by atoms with van der Waals surface area (Å²) in [5.41, 5.74) is -2.77. The fourth-order valence-corrected chi connectivity index (χ4v) is 3.74. The van der Waals surface area contributed by atoms with Crippen LogP contribution < -0.4 is 10.2 Å². The highest BCUT2D eigenvalue weighted by molar-refractivity contribution is 8.00. The molecule has 1 aromatic heterocycles. The van der Waals surface area contributed by atoms with Crippen LogP contribution in [0.3, 0.4) is 0 Å². The van der Waals surface area contributed by atoms with Crippen molar-refractivity contribution in [1.82, 2.24) is 15.2 Å². The lowest BCUT2D eigenvalue weighted by Gasteiger charge is -2.34. The van der Waals surface area contributed by atoms with Crippen molar-refractivity contribution in [3.05, 3.63) is 59.8 Å². The molecule has 1 aliphatic heterocycles. The molecule has 1 saturated heterocycles. The summed E-state index contributed by atoms with van der Waals surface area (Å²) >= 11 is -0.164. The Kier molecular flexibility index (Phi) is 7.97. The number of amides is 1. The van der Waals surface area contributed by atoms with Gasteiger partial charge in [0.2, 0.25) is 5.91 Å². The molecule has 1 N–H and O–H groups in total. The molecule has 5 nitrogen and oxygen atoms in total. The zero-order chi connectivity index (χ0) is 22.3. The maximum atomic E-state index is 12.4. The maximum absolute atomic E-state index is 12.4. The molecule has 1 aliphatic rings. The lowest BCUT2D eigenvalue weighted by atomic mass is 10.2. The van der Waals surface area contributed by atoms with Crippen LogP contribution in [0.25, 0.3) is 6.08 Å². The van der Waals surface area contributed by atoms with Crippen LogP contribution in [0.15, 0.2) is 53.6 Å². The van der Waals surface area contributed by atoms with Crippen molar-refractivity contribution in [2.45, 2.75) is 23.9 Å². The summed E-state index contributed by atoms with van der Waals surface area (Å²) in [6, 6.07) is 9.77. The maximum Gasteiger partial charge on any atom is 0.446 e. The lowest BCUT2D eigenvalue weighted by molar-refractivity contribution is -0.116. The Labute approximate surface area is 184 Å². The van der Waals surface area contributed by atoms with Crippen LogP contribution in [0.1, 0.15) is 18.1 Å². The van der Waals surface area contributed by atoms with Gasteiger partial charge < -0.3 is 15.1 Å². The Hall–Kier alpha value is -2.52. The van der Waals surface area contributed by atoms with Gasteiger partial charge in [-0.1, -0.05) is 25.1 Å². The number of carbonyl (C=O) groups is 1. The molecule has 2 aromatic rings. The number of benzene rings is 1. The molecule has 0 radical (unpaired) electrons. The van der Waals surface area contributed by atoms with Crippen LogP contribution in [-0.4, -0.2) is 54.0 Å². The fraction of sp³-hybridized carbons (Fsp3) is 0.364. The van der Waals surface area contributed by atoms with Crippen molar-refractivity contribution in [3.63, 3.8) is 0 Å². The Morgan fingerprint density at radius 1 is 1.13 bits per heavy atom. The highest BCUT2D eigenvalue weighted by Gasteiger charge is 2.28. The number of likely N-dealkylation sites (N-methyl/N-ethyl adjacent to an activating group) is 1. The highest BCUT2D eigenvalue weighted by atomic mass is 32.2. The molecule has 3 rings (SSSR count). The summed E-state index contributed by atoms with van der Waals surface area (Å²) in [5, 5.41) is 2.79. The van der Waals surface area contributed by atoms with Gasteiger partial charge >= 0.3 is 5.51 Å². The van der Waals surface area contributed by atoms with E-state index in [1.54, 1.807) is 24.4 Å². The van der Waals surface area contributed by atoms with Crippen LogP contribution in [0.4, 0.5) is 19.0 Å². The standard InChI is InChI=1S/C22H25F3N4OS/c1-2-28-11-13-29(14-12-28)20-9-5-18(15-26-20)16-27-21(30)10-6-17-3-7-19(8-4-17)31-22(23,24)25/h3-10,15H,2,11-14,16H2,1H3,(H,27,30)/b10-6+. The van der Waals surface area contributed by atoms with E-state index in [0.717, 1.165) is 44.1 Å². The van der Waals surface area contributed by atoms with Crippen molar-refractivity contribution >= 4 is 29.6 Å². The summed E-state index contributed by atoms with van der Waals surface area (Å²) in [7, 11) is 0. The number of thioether (sulfide) groups is 1. The second-order valence-corrected chi connectivity index (χ2v) is 8.25. The van der Waals surface area contributed by atoms with Gasteiger partial charge in [-0.3, -0.25) is 4.79 Å². The third kappa shape index (κ3) is 7.59. The van der Waals surface area contributed by atoms with Gasteiger partial charge in [0.1, 0.15) is 5.82 Å². The van der Waals surface area contributed by atoms with Crippen LogP contribution in [-0.2, 0) is 11.3 Å². The molecular weight excluding hydrogens is 425 g/mol. The molecule has 166 valence electrons. The molecule has 2 heterocycles. The summed E-state index contributed by atoms with van der Waals surface area (Å²) < 4.78 is 37.1. The van der Waals surface area contributed by atoms with E-state index < -0.39 is 5.51 Å². The normalized spacial score (nSPS) is 15.4. The predicted octanol–water partition coefficient (Wildman–Crippen LogP) is 4.17. The number of piperazine rings is 1. The zero-order valence-corrected chi connectivity index (χ0v) is 18.0. The molecule has 1 fully saturated rings. The number of halogens is 3. The number of anilines is 1. The number of aromatic nitrogens is 1. The van der Waals surface area contributed by atoms with E-state index in [0.29, 0.717) is 12.1 Å². The van der Waals surface area contributed by atoms with E-state index in [1.807, 2.05) is 12.1 Å². The molecule has 0 bridgehead atoms. The van der Waals surface area contributed by atoms with Crippen LogP contribution in [0.2, 0.25) is 0 Å². The van der Waals surface area contributed by atoms with Crippen molar-refractivity contribution in [1.29, 1.82) is 0 Å². The summed E-state index contributed by atoms with van der Waals surface area (Å²) in [5.74, 6) is 0.659. The van der Waals surface area contributed by atoms with Gasteiger partial charge in [0, 0.05) is 49.9 Å².